The van der Waals surface area contributed by atoms with Gasteiger partial charge in [-0.2, -0.15) is 10.2 Å². The number of thiazole rings is 1. The van der Waals surface area contributed by atoms with Gasteiger partial charge in [-0.25, -0.2) is 0 Å². The summed E-state index contributed by atoms with van der Waals surface area (Å²) in [5, 5.41) is 12.7. The van der Waals surface area contributed by atoms with Crippen LogP contribution in [0.5, 0.6) is 0 Å². The zero-order valence-corrected chi connectivity index (χ0v) is 9.89. The lowest BCUT2D eigenvalue weighted by Gasteiger charge is -1.93. The van der Waals surface area contributed by atoms with Gasteiger partial charge < -0.3 is 4.52 Å². The Labute approximate surface area is 106 Å². The van der Waals surface area contributed by atoms with E-state index in [0.29, 0.717) is 17.3 Å². The van der Waals surface area contributed by atoms with Crippen molar-refractivity contribution in [2.75, 3.05) is 0 Å². The smallest absolute Gasteiger partial charge is 0.258 e. The van der Waals surface area contributed by atoms with E-state index in [1.807, 2.05) is 6.07 Å². The highest BCUT2D eigenvalue weighted by Crippen LogP contribution is 2.24. The first-order chi connectivity index (χ1) is 8.86. The highest BCUT2D eigenvalue weighted by Gasteiger charge is 2.11. The molecule has 86 valence electrons. The zero-order valence-electron chi connectivity index (χ0n) is 9.07. The third-order valence-electron chi connectivity index (χ3n) is 2.32. The minimum Gasteiger partial charge on any atom is -0.334 e. The molecular weight excluding hydrogens is 248 g/mol. The number of benzene rings is 1. The van der Waals surface area contributed by atoms with E-state index in [1.54, 1.807) is 29.9 Å². The first kappa shape index (κ1) is 10.6. The second kappa shape index (κ2) is 4.39. The average Bonchev–Trinajstić information content (AvgIpc) is 3.09. The normalized spacial score (nSPS) is 10.2. The summed E-state index contributed by atoms with van der Waals surface area (Å²) in [6.45, 7) is 0. The van der Waals surface area contributed by atoms with Crippen molar-refractivity contribution in [3.8, 4) is 28.2 Å². The van der Waals surface area contributed by atoms with E-state index < -0.39 is 0 Å². The second-order valence-corrected chi connectivity index (χ2v) is 4.37. The molecule has 0 aliphatic rings. The molecule has 0 aliphatic heterocycles. The van der Waals surface area contributed by atoms with Crippen LogP contribution in [0.1, 0.15) is 5.56 Å². The fraction of sp³-hybridized carbons (Fsp3) is 0. The molecule has 0 bridgehead atoms. The molecule has 0 radical (unpaired) electrons. The van der Waals surface area contributed by atoms with Crippen molar-refractivity contribution in [3.05, 3.63) is 41.5 Å². The van der Waals surface area contributed by atoms with Gasteiger partial charge in [0.2, 0.25) is 5.82 Å². The lowest BCUT2D eigenvalue weighted by Crippen LogP contribution is -1.80. The number of hydrogen-bond acceptors (Lipinski definition) is 6. The Morgan fingerprint density at radius 2 is 2.28 bits per heavy atom. The Kier molecular flexibility index (Phi) is 2.59. The summed E-state index contributed by atoms with van der Waals surface area (Å²) in [6.07, 6.45) is 1.69. The molecule has 0 unspecified atom stereocenters. The molecule has 1 aromatic carbocycles. The van der Waals surface area contributed by atoms with Crippen molar-refractivity contribution < 1.29 is 4.52 Å². The van der Waals surface area contributed by atoms with Gasteiger partial charge in [-0.3, -0.25) is 4.98 Å². The molecule has 6 heteroatoms. The molecule has 18 heavy (non-hydrogen) atoms. The van der Waals surface area contributed by atoms with Gasteiger partial charge in [-0.05, 0) is 18.2 Å². The van der Waals surface area contributed by atoms with Crippen molar-refractivity contribution in [2.24, 2.45) is 0 Å². The molecule has 2 heterocycles. The predicted octanol–water partition coefficient (Wildman–Crippen LogP) is 2.73. The van der Waals surface area contributed by atoms with E-state index in [1.165, 1.54) is 11.3 Å². The Hall–Kier alpha value is -2.52. The van der Waals surface area contributed by atoms with Crippen LogP contribution in [-0.2, 0) is 0 Å². The second-order valence-electron chi connectivity index (χ2n) is 3.48. The Morgan fingerprint density at radius 3 is 3.06 bits per heavy atom. The van der Waals surface area contributed by atoms with Crippen molar-refractivity contribution in [3.63, 3.8) is 0 Å². The van der Waals surface area contributed by atoms with Crippen molar-refractivity contribution in [1.29, 1.82) is 5.26 Å². The summed E-state index contributed by atoms with van der Waals surface area (Å²) in [4.78, 5) is 9.09. The number of nitrogens with zero attached hydrogens (tertiary/aromatic N) is 4. The van der Waals surface area contributed by atoms with Crippen LogP contribution in [0.2, 0.25) is 0 Å². The maximum Gasteiger partial charge on any atom is 0.258 e. The van der Waals surface area contributed by atoms with E-state index in [4.69, 9.17) is 9.78 Å². The maximum atomic E-state index is 8.84. The highest BCUT2D eigenvalue weighted by molar-refractivity contribution is 7.13. The molecule has 0 saturated carbocycles. The summed E-state index contributed by atoms with van der Waals surface area (Å²) in [6, 6.07) is 9.12. The molecule has 0 fully saturated rings. The summed E-state index contributed by atoms with van der Waals surface area (Å²) in [5.41, 5.74) is 3.00. The molecule has 0 atom stereocenters. The minimum atomic E-state index is 0.399. The minimum absolute atomic E-state index is 0.399. The van der Waals surface area contributed by atoms with Gasteiger partial charge in [0.25, 0.3) is 5.89 Å². The molecule has 0 spiro atoms. The fourth-order valence-electron chi connectivity index (χ4n) is 1.49. The van der Waals surface area contributed by atoms with E-state index in [9.17, 15) is 0 Å². The molecular formula is C12H6N4OS. The van der Waals surface area contributed by atoms with Crippen molar-refractivity contribution >= 4 is 11.3 Å². The fourth-order valence-corrected chi connectivity index (χ4v) is 2.03. The SMILES string of the molecule is N#Cc1cccc(-c2nc(-c3cncs3)no2)c1. The molecule has 5 nitrogen and oxygen atoms in total. The van der Waals surface area contributed by atoms with Crippen LogP contribution < -0.4 is 0 Å². The van der Waals surface area contributed by atoms with Gasteiger partial charge in [0.15, 0.2) is 0 Å². The first-order valence-electron chi connectivity index (χ1n) is 5.10. The Balaban J connectivity index is 2.01. The van der Waals surface area contributed by atoms with Crippen LogP contribution in [0, 0.1) is 11.3 Å². The quantitative estimate of drug-likeness (QED) is 0.702. The van der Waals surface area contributed by atoms with Gasteiger partial charge in [0.05, 0.1) is 22.0 Å². The third-order valence-corrected chi connectivity index (χ3v) is 3.09. The summed E-state index contributed by atoms with van der Waals surface area (Å²) in [7, 11) is 0. The van der Waals surface area contributed by atoms with Crippen LogP contribution in [0.3, 0.4) is 0 Å². The molecule has 0 aliphatic carbocycles. The molecule has 3 aromatic rings. The van der Waals surface area contributed by atoms with Crippen LogP contribution in [0.25, 0.3) is 22.2 Å². The van der Waals surface area contributed by atoms with Gasteiger partial charge in [-0.1, -0.05) is 11.2 Å². The van der Waals surface area contributed by atoms with Gasteiger partial charge >= 0.3 is 0 Å². The molecule has 0 N–H and O–H groups in total. The molecule has 0 saturated heterocycles. The topological polar surface area (TPSA) is 75.6 Å². The number of aromatic nitrogens is 3. The maximum absolute atomic E-state index is 8.84. The van der Waals surface area contributed by atoms with E-state index in [2.05, 4.69) is 21.2 Å². The Bertz CT molecular complexity index is 712. The van der Waals surface area contributed by atoms with Crippen molar-refractivity contribution in [1.82, 2.24) is 15.1 Å². The number of nitriles is 1. The van der Waals surface area contributed by atoms with E-state index >= 15 is 0 Å². The standard InChI is InChI=1S/C12H6N4OS/c13-5-8-2-1-3-9(4-8)12-15-11(16-17-12)10-6-14-7-18-10/h1-4,6-7H. The van der Waals surface area contributed by atoms with Crippen molar-refractivity contribution in [2.45, 2.75) is 0 Å². The van der Waals surface area contributed by atoms with Crippen LogP contribution in [0.4, 0.5) is 0 Å². The lowest BCUT2D eigenvalue weighted by molar-refractivity contribution is 0.432. The van der Waals surface area contributed by atoms with Crippen LogP contribution in [0.15, 0.2) is 40.5 Å². The van der Waals surface area contributed by atoms with E-state index in [-0.39, 0.29) is 0 Å². The molecule has 3 rings (SSSR count). The molecule has 0 amide bonds. The molecule has 2 aromatic heterocycles. The van der Waals surface area contributed by atoms with E-state index in [0.717, 1.165) is 10.4 Å². The number of rotatable bonds is 2. The Morgan fingerprint density at radius 1 is 1.33 bits per heavy atom. The predicted molar refractivity (Wildman–Crippen MR) is 65.6 cm³/mol. The largest absolute Gasteiger partial charge is 0.334 e. The van der Waals surface area contributed by atoms with Gasteiger partial charge in [0.1, 0.15) is 0 Å². The summed E-state index contributed by atoms with van der Waals surface area (Å²) in [5.74, 6) is 0.908. The zero-order chi connectivity index (χ0) is 12.4. The van der Waals surface area contributed by atoms with Crippen LogP contribution in [-0.4, -0.2) is 15.1 Å². The summed E-state index contributed by atoms with van der Waals surface area (Å²) >= 11 is 1.44. The summed E-state index contributed by atoms with van der Waals surface area (Å²) < 4.78 is 5.18. The van der Waals surface area contributed by atoms with Gasteiger partial charge in [0, 0.05) is 11.8 Å². The van der Waals surface area contributed by atoms with Crippen LogP contribution >= 0.6 is 11.3 Å². The monoisotopic (exact) mass is 254 g/mol. The third kappa shape index (κ3) is 1.87. The number of hydrogen-bond donors (Lipinski definition) is 0. The highest BCUT2D eigenvalue weighted by atomic mass is 32.1. The first-order valence-corrected chi connectivity index (χ1v) is 5.98. The van der Waals surface area contributed by atoms with Gasteiger partial charge in [-0.15, -0.1) is 11.3 Å². The average molecular weight is 254 g/mol. The lowest BCUT2D eigenvalue weighted by atomic mass is 10.1.